The molecule has 0 aromatic heterocycles. The van der Waals surface area contributed by atoms with E-state index in [1.54, 1.807) is 25.3 Å². The van der Waals surface area contributed by atoms with E-state index in [1.165, 1.54) is 12.1 Å². The molecule has 1 heterocycles. The van der Waals surface area contributed by atoms with Gasteiger partial charge in [-0.3, -0.25) is 4.79 Å². The normalized spacial score (nSPS) is 14.5. The number of benzene rings is 2. The fraction of sp³-hybridized carbons (Fsp3) is 0.235. The lowest BCUT2D eigenvalue weighted by Gasteiger charge is -2.15. The summed E-state index contributed by atoms with van der Waals surface area (Å²) in [7, 11) is 1.55. The maximum atomic E-state index is 11.2. The second-order valence-corrected chi connectivity index (χ2v) is 5.20. The van der Waals surface area contributed by atoms with Crippen LogP contribution in [0.15, 0.2) is 36.4 Å². The average molecular weight is 330 g/mol. The molecule has 2 aromatic rings. The van der Waals surface area contributed by atoms with E-state index in [0.29, 0.717) is 30.5 Å². The van der Waals surface area contributed by atoms with E-state index in [1.807, 2.05) is 6.07 Å². The van der Waals surface area contributed by atoms with E-state index in [0.717, 1.165) is 5.56 Å². The number of primary amides is 1. The number of carbonyl (C=O) groups excluding carboxylic acids is 1. The molecule has 0 spiro atoms. The van der Waals surface area contributed by atoms with E-state index in [-0.39, 0.29) is 11.3 Å². The summed E-state index contributed by atoms with van der Waals surface area (Å²) in [4.78, 5) is 11.2. The average Bonchev–Trinajstić information content (AvgIpc) is 3.09. The molecule has 1 amide bonds. The van der Waals surface area contributed by atoms with Crippen molar-refractivity contribution in [3.63, 3.8) is 0 Å². The fourth-order valence-electron chi connectivity index (χ4n) is 2.42. The Bertz CT molecular complexity index is 757. The van der Waals surface area contributed by atoms with Crippen molar-refractivity contribution in [3.05, 3.63) is 47.5 Å². The molecular weight excluding hydrogens is 312 g/mol. The maximum absolute atomic E-state index is 11.2. The highest BCUT2D eigenvalue weighted by Crippen LogP contribution is 2.36. The van der Waals surface area contributed by atoms with Crippen LogP contribution in [0.1, 0.15) is 22.2 Å². The molecule has 1 fully saturated rings. The van der Waals surface area contributed by atoms with Gasteiger partial charge >= 0.3 is 0 Å². The lowest BCUT2D eigenvalue weighted by molar-refractivity contribution is -0.0442. The summed E-state index contributed by atoms with van der Waals surface area (Å²) in [6, 6.07) is 10.1. The van der Waals surface area contributed by atoms with Gasteiger partial charge < -0.3 is 30.4 Å². The smallest absolute Gasteiger partial charge is 0.250 e. The van der Waals surface area contributed by atoms with Gasteiger partial charge in [0.2, 0.25) is 0 Å². The van der Waals surface area contributed by atoms with Gasteiger partial charge in [0.25, 0.3) is 5.91 Å². The monoisotopic (exact) mass is 330 g/mol. The quantitative estimate of drug-likeness (QED) is 0.814. The molecule has 0 saturated carbocycles. The predicted octanol–water partition coefficient (Wildman–Crippen LogP) is 2.21. The lowest BCUT2D eigenvalue weighted by Crippen LogP contribution is -2.13. The molecule has 7 heteroatoms. The molecule has 3 rings (SSSR count). The highest BCUT2D eigenvalue weighted by molar-refractivity contribution is 5.98. The molecule has 1 aliphatic heterocycles. The van der Waals surface area contributed by atoms with Crippen LogP contribution in [0, 0.1) is 0 Å². The van der Waals surface area contributed by atoms with Crippen molar-refractivity contribution in [1.29, 1.82) is 0 Å². The standard InChI is InChI=1S/C17H18N2O5/c1-21-15-8-10(17-22-6-7-23-17)2-5-14(15)24-11-3-4-12(16(19)20)13(18)9-11/h2-5,8-9,17H,6-7,18H2,1H3,(H2,19,20). The Labute approximate surface area is 139 Å². The molecule has 0 aliphatic carbocycles. The first kappa shape index (κ1) is 16.1. The van der Waals surface area contributed by atoms with Crippen LogP contribution in [0.3, 0.4) is 0 Å². The topological polar surface area (TPSA) is 106 Å². The number of anilines is 1. The summed E-state index contributed by atoms with van der Waals surface area (Å²) >= 11 is 0. The van der Waals surface area contributed by atoms with E-state index >= 15 is 0 Å². The number of nitrogens with two attached hydrogens (primary N) is 2. The van der Waals surface area contributed by atoms with Crippen LogP contribution >= 0.6 is 0 Å². The number of rotatable bonds is 5. The van der Waals surface area contributed by atoms with Crippen LogP contribution in [-0.2, 0) is 9.47 Å². The molecule has 0 radical (unpaired) electrons. The third kappa shape index (κ3) is 3.27. The molecule has 0 atom stereocenters. The van der Waals surface area contributed by atoms with Crippen molar-refractivity contribution >= 4 is 11.6 Å². The van der Waals surface area contributed by atoms with E-state index in [9.17, 15) is 4.79 Å². The summed E-state index contributed by atoms with van der Waals surface area (Å²) in [6.45, 7) is 1.13. The number of nitrogen functional groups attached to an aromatic ring is 1. The Morgan fingerprint density at radius 1 is 1.12 bits per heavy atom. The molecule has 126 valence electrons. The van der Waals surface area contributed by atoms with Crippen molar-refractivity contribution in [2.45, 2.75) is 6.29 Å². The minimum atomic E-state index is -0.586. The van der Waals surface area contributed by atoms with Gasteiger partial charge in [-0.25, -0.2) is 0 Å². The lowest BCUT2D eigenvalue weighted by atomic mass is 10.1. The van der Waals surface area contributed by atoms with Crippen LogP contribution in [0.5, 0.6) is 17.2 Å². The van der Waals surface area contributed by atoms with E-state index in [4.69, 9.17) is 30.4 Å². The van der Waals surface area contributed by atoms with Crippen molar-refractivity contribution in [2.75, 3.05) is 26.1 Å². The van der Waals surface area contributed by atoms with Crippen molar-refractivity contribution in [3.8, 4) is 17.2 Å². The highest BCUT2D eigenvalue weighted by Gasteiger charge is 2.20. The summed E-state index contributed by atoms with van der Waals surface area (Å²) in [5, 5.41) is 0. The van der Waals surface area contributed by atoms with Gasteiger partial charge in [-0.15, -0.1) is 0 Å². The van der Waals surface area contributed by atoms with Crippen LogP contribution in [0.4, 0.5) is 5.69 Å². The molecule has 0 unspecified atom stereocenters. The molecule has 4 N–H and O–H groups in total. The summed E-state index contributed by atoms with van der Waals surface area (Å²) in [6.07, 6.45) is -0.390. The van der Waals surface area contributed by atoms with Crippen molar-refractivity contribution < 1.29 is 23.7 Å². The minimum Gasteiger partial charge on any atom is -0.493 e. The Balaban J connectivity index is 1.84. The van der Waals surface area contributed by atoms with Crippen LogP contribution in [-0.4, -0.2) is 26.2 Å². The zero-order valence-electron chi connectivity index (χ0n) is 13.2. The Morgan fingerprint density at radius 2 is 1.88 bits per heavy atom. The van der Waals surface area contributed by atoms with Crippen LogP contribution in [0.2, 0.25) is 0 Å². The molecule has 7 nitrogen and oxygen atoms in total. The van der Waals surface area contributed by atoms with Crippen LogP contribution in [0.25, 0.3) is 0 Å². The number of methoxy groups -OCH3 is 1. The second kappa shape index (κ2) is 6.77. The molecular formula is C17H18N2O5. The molecule has 2 aromatic carbocycles. The largest absolute Gasteiger partial charge is 0.493 e. The number of hydrogen-bond acceptors (Lipinski definition) is 6. The number of carbonyl (C=O) groups is 1. The first-order chi connectivity index (χ1) is 11.6. The van der Waals surface area contributed by atoms with Gasteiger partial charge in [0, 0.05) is 17.3 Å². The van der Waals surface area contributed by atoms with Gasteiger partial charge in [0.15, 0.2) is 17.8 Å². The number of ether oxygens (including phenoxy) is 4. The first-order valence-electron chi connectivity index (χ1n) is 7.37. The van der Waals surface area contributed by atoms with Crippen LogP contribution < -0.4 is 20.9 Å². The third-order valence-corrected chi connectivity index (χ3v) is 3.60. The molecule has 1 aliphatic rings. The summed E-state index contributed by atoms with van der Waals surface area (Å²) < 4.78 is 22.1. The van der Waals surface area contributed by atoms with Gasteiger partial charge in [-0.2, -0.15) is 0 Å². The minimum absolute atomic E-state index is 0.250. The van der Waals surface area contributed by atoms with Gasteiger partial charge in [0.1, 0.15) is 5.75 Å². The zero-order chi connectivity index (χ0) is 17.1. The first-order valence-corrected chi connectivity index (χ1v) is 7.37. The fourth-order valence-corrected chi connectivity index (χ4v) is 2.42. The van der Waals surface area contributed by atoms with Crippen molar-refractivity contribution in [2.24, 2.45) is 5.73 Å². The molecule has 0 bridgehead atoms. The molecule has 24 heavy (non-hydrogen) atoms. The molecule has 1 saturated heterocycles. The van der Waals surface area contributed by atoms with Gasteiger partial charge in [0.05, 0.1) is 25.9 Å². The number of amides is 1. The van der Waals surface area contributed by atoms with E-state index < -0.39 is 12.2 Å². The van der Waals surface area contributed by atoms with Gasteiger partial charge in [-0.1, -0.05) is 0 Å². The predicted molar refractivity (Wildman–Crippen MR) is 87.1 cm³/mol. The number of hydrogen-bond donors (Lipinski definition) is 2. The summed E-state index contributed by atoms with van der Waals surface area (Å²) in [5.41, 5.74) is 12.4. The Kier molecular flexibility index (Phi) is 4.54. The Hall–Kier alpha value is -2.77. The van der Waals surface area contributed by atoms with E-state index in [2.05, 4.69) is 0 Å². The summed E-state index contributed by atoms with van der Waals surface area (Å²) in [5.74, 6) is 0.920. The zero-order valence-corrected chi connectivity index (χ0v) is 13.2. The highest BCUT2D eigenvalue weighted by atomic mass is 16.7. The van der Waals surface area contributed by atoms with Gasteiger partial charge in [-0.05, 0) is 30.3 Å². The van der Waals surface area contributed by atoms with Crippen molar-refractivity contribution in [1.82, 2.24) is 0 Å². The Morgan fingerprint density at radius 3 is 2.50 bits per heavy atom. The second-order valence-electron chi connectivity index (χ2n) is 5.20. The SMILES string of the molecule is COc1cc(C2OCCO2)ccc1Oc1ccc(C(N)=O)c(N)c1. The maximum Gasteiger partial charge on any atom is 0.250 e. The third-order valence-electron chi connectivity index (χ3n) is 3.60.